The maximum atomic E-state index is 11.4. The Bertz CT molecular complexity index is 657. The lowest BCUT2D eigenvalue weighted by molar-refractivity contribution is -0.156. The van der Waals surface area contributed by atoms with E-state index in [0.717, 1.165) is 32.1 Å². The molecule has 0 saturated heterocycles. The molecule has 0 aromatic carbocycles. The predicted octanol–water partition coefficient (Wildman–Crippen LogP) is 4.40. The summed E-state index contributed by atoms with van der Waals surface area (Å²) in [5, 5.41) is 30.7. The summed E-state index contributed by atoms with van der Waals surface area (Å²) in [6.07, 6.45) is 9.98. The number of aliphatic hydroxyl groups is 2. The highest BCUT2D eigenvalue weighted by molar-refractivity contribution is 5.66. The van der Waals surface area contributed by atoms with Crippen molar-refractivity contribution >= 4 is 5.97 Å². The van der Waals surface area contributed by atoms with Crippen molar-refractivity contribution < 1.29 is 20.1 Å². The normalized spacial score (nSPS) is 48.8. The molecule has 4 aliphatic rings. The fourth-order valence-corrected chi connectivity index (χ4v) is 8.05. The molecule has 0 amide bonds. The average molecular weight is 391 g/mol. The molecule has 4 heteroatoms. The van der Waals surface area contributed by atoms with Gasteiger partial charge in [0, 0.05) is 11.8 Å². The van der Waals surface area contributed by atoms with Crippen molar-refractivity contribution in [3.05, 3.63) is 11.6 Å². The number of aliphatic carboxylic acids is 1. The minimum atomic E-state index is -0.734. The Morgan fingerprint density at radius 3 is 2.64 bits per heavy atom. The molecule has 158 valence electrons. The Kier molecular flexibility index (Phi) is 5.19. The van der Waals surface area contributed by atoms with Crippen LogP contribution in [0, 0.1) is 40.4 Å². The molecule has 0 aliphatic heterocycles. The van der Waals surface area contributed by atoms with Gasteiger partial charge >= 0.3 is 5.97 Å². The maximum Gasteiger partial charge on any atom is 0.303 e. The van der Waals surface area contributed by atoms with Gasteiger partial charge < -0.3 is 15.3 Å². The van der Waals surface area contributed by atoms with Crippen LogP contribution in [0.4, 0.5) is 0 Å². The molecule has 0 heterocycles. The molecule has 0 aromatic heterocycles. The van der Waals surface area contributed by atoms with Crippen molar-refractivity contribution in [1.29, 1.82) is 0 Å². The summed E-state index contributed by atoms with van der Waals surface area (Å²) in [5.41, 5.74) is 1.37. The maximum absolute atomic E-state index is 11.4. The van der Waals surface area contributed by atoms with E-state index < -0.39 is 5.97 Å². The molecule has 3 saturated carbocycles. The van der Waals surface area contributed by atoms with Gasteiger partial charge in [-0.25, -0.2) is 0 Å². The summed E-state index contributed by atoms with van der Waals surface area (Å²) in [7, 11) is 0. The number of hydrogen-bond acceptors (Lipinski definition) is 3. The van der Waals surface area contributed by atoms with Crippen LogP contribution in [-0.2, 0) is 4.79 Å². The quantitative estimate of drug-likeness (QED) is 0.622. The largest absolute Gasteiger partial charge is 0.481 e. The second kappa shape index (κ2) is 7.12. The number of aliphatic hydroxyl groups excluding tert-OH is 2. The minimum absolute atomic E-state index is 0.136. The van der Waals surface area contributed by atoms with Gasteiger partial charge in [-0.3, -0.25) is 4.79 Å². The van der Waals surface area contributed by atoms with Crippen LogP contribution in [-0.4, -0.2) is 33.5 Å². The molecule has 28 heavy (non-hydrogen) atoms. The van der Waals surface area contributed by atoms with Crippen LogP contribution in [0.2, 0.25) is 0 Å². The lowest BCUT2D eigenvalue weighted by Crippen LogP contribution is -2.58. The molecular weight excluding hydrogens is 352 g/mol. The smallest absolute Gasteiger partial charge is 0.303 e. The van der Waals surface area contributed by atoms with Crippen molar-refractivity contribution in [3.63, 3.8) is 0 Å². The third-order valence-electron chi connectivity index (χ3n) is 9.71. The van der Waals surface area contributed by atoms with Crippen molar-refractivity contribution in [2.45, 2.75) is 90.8 Å². The topological polar surface area (TPSA) is 77.8 Å². The summed E-state index contributed by atoms with van der Waals surface area (Å²) < 4.78 is 0. The first kappa shape index (κ1) is 20.4. The van der Waals surface area contributed by atoms with Gasteiger partial charge in [0.2, 0.25) is 0 Å². The van der Waals surface area contributed by atoms with Gasteiger partial charge in [0.25, 0.3) is 0 Å². The number of carboxylic acid groups (broad SMARTS) is 1. The standard InChI is InChI=1S/C24H38O4/c1-14(4-9-22(27)28)18-7-8-19-17-6-5-15-12-16(25)10-11-23(15,2)20(17)13-21(26)24(18,19)3/h7,14-17,19-21,25-26H,4-6,8-13H2,1-3H3,(H,27,28)/t14-,15-,16-,17?,19?,20?,21+,23+,24-/m1/s1. The van der Waals surface area contributed by atoms with Crippen LogP contribution in [0.15, 0.2) is 11.6 Å². The van der Waals surface area contributed by atoms with Crippen LogP contribution >= 0.6 is 0 Å². The highest BCUT2D eigenvalue weighted by Crippen LogP contribution is 2.67. The van der Waals surface area contributed by atoms with E-state index in [9.17, 15) is 15.0 Å². The van der Waals surface area contributed by atoms with Crippen molar-refractivity contribution in [1.82, 2.24) is 0 Å². The van der Waals surface area contributed by atoms with Gasteiger partial charge in [-0.2, -0.15) is 0 Å². The molecule has 0 bridgehead atoms. The molecule has 3 fully saturated rings. The van der Waals surface area contributed by atoms with Gasteiger partial charge in [0.1, 0.15) is 0 Å². The molecule has 0 aromatic rings. The number of hydrogen-bond donors (Lipinski definition) is 3. The van der Waals surface area contributed by atoms with Gasteiger partial charge in [0.15, 0.2) is 0 Å². The van der Waals surface area contributed by atoms with Gasteiger partial charge in [-0.15, -0.1) is 0 Å². The summed E-state index contributed by atoms with van der Waals surface area (Å²) in [4.78, 5) is 11.0. The Hall–Kier alpha value is -0.870. The van der Waals surface area contributed by atoms with E-state index in [2.05, 4.69) is 26.8 Å². The fraction of sp³-hybridized carbons (Fsp3) is 0.875. The van der Waals surface area contributed by atoms with E-state index in [1.54, 1.807) is 0 Å². The van der Waals surface area contributed by atoms with Crippen LogP contribution in [0.25, 0.3) is 0 Å². The number of carbonyl (C=O) groups is 1. The van der Waals surface area contributed by atoms with Crippen molar-refractivity contribution in [2.75, 3.05) is 0 Å². The first-order valence-electron chi connectivity index (χ1n) is 11.5. The third-order valence-corrected chi connectivity index (χ3v) is 9.71. The van der Waals surface area contributed by atoms with Crippen LogP contribution in [0.5, 0.6) is 0 Å². The average Bonchev–Trinajstić information content (AvgIpc) is 3.00. The molecule has 4 nitrogen and oxygen atoms in total. The predicted molar refractivity (Wildman–Crippen MR) is 109 cm³/mol. The van der Waals surface area contributed by atoms with E-state index in [-0.39, 0.29) is 35.4 Å². The van der Waals surface area contributed by atoms with Crippen molar-refractivity contribution in [2.24, 2.45) is 40.4 Å². The van der Waals surface area contributed by atoms with Gasteiger partial charge in [0.05, 0.1) is 12.2 Å². The fourth-order valence-electron chi connectivity index (χ4n) is 8.05. The second-order valence-electron chi connectivity index (χ2n) is 10.8. The molecule has 4 aliphatic carbocycles. The Morgan fingerprint density at radius 1 is 1.18 bits per heavy atom. The number of allylic oxidation sites excluding steroid dienone is 1. The van der Waals surface area contributed by atoms with Crippen molar-refractivity contribution in [3.8, 4) is 0 Å². The zero-order valence-electron chi connectivity index (χ0n) is 17.7. The monoisotopic (exact) mass is 390 g/mol. The highest BCUT2D eigenvalue weighted by Gasteiger charge is 2.61. The Labute approximate surface area is 169 Å². The van der Waals surface area contributed by atoms with Crippen LogP contribution in [0.3, 0.4) is 0 Å². The minimum Gasteiger partial charge on any atom is -0.481 e. The number of fused-ring (bicyclic) bond motifs is 5. The summed E-state index contributed by atoms with van der Waals surface area (Å²) in [6.45, 7) is 6.84. The first-order chi connectivity index (χ1) is 13.2. The van der Waals surface area contributed by atoms with E-state index in [0.29, 0.717) is 30.1 Å². The van der Waals surface area contributed by atoms with E-state index in [4.69, 9.17) is 5.11 Å². The van der Waals surface area contributed by atoms with Gasteiger partial charge in [-0.05, 0) is 86.4 Å². The lowest BCUT2D eigenvalue weighted by atomic mass is 9.44. The second-order valence-corrected chi connectivity index (χ2v) is 10.8. The summed E-state index contributed by atoms with van der Waals surface area (Å²) >= 11 is 0. The Morgan fingerprint density at radius 2 is 1.93 bits per heavy atom. The molecule has 4 rings (SSSR count). The number of carboxylic acids is 1. The molecule has 3 unspecified atom stereocenters. The lowest BCUT2D eigenvalue weighted by Gasteiger charge is -2.62. The SMILES string of the molecule is C[C@H](CCC(=O)O)C1=CCC2C3CC[C@@H]4C[C@H](O)CC[C@]4(C)C3C[C@H](O)[C@]12C. The zero-order chi connectivity index (χ0) is 20.3. The van der Waals surface area contributed by atoms with Gasteiger partial charge in [-0.1, -0.05) is 32.4 Å². The molecule has 3 N–H and O–H groups in total. The van der Waals surface area contributed by atoms with E-state index >= 15 is 0 Å². The third kappa shape index (κ3) is 2.98. The zero-order valence-corrected chi connectivity index (χ0v) is 17.7. The summed E-state index contributed by atoms with van der Waals surface area (Å²) in [5.74, 6) is 1.75. The van der Waals surface area contributed by atoms with Crippen LogP contribution in [0.1, 0.15) is 78.6 Å². The van der Waals surface area contributed by atoms with E-state index in [1.807, 2.05) is 0 Å². The van der Waals surface area contributed by atoms with Crippen LogP contribution < -0.4 is 0 Å². The van der Waals surface area contributed by atoms with E-state index in [1.165, 1.54) is 18.4 Å². The molecular formula is C24H38O4. The number of rotatable bonds is 4. The molecule has 0 spiro atoms. The Balaban J connectivity index is 1.57. The highest BCUT2D eigenvalue weighted by atomic mass is 16.4. The summed E-state index contributed by atoms with van der Waals surface area (Å²) in [6, 6.07) is 0. The molecule has 0 radical (unpaired) electrons. The molecule has 9 atom stereocenters. The first-order valence-corrected chi connectivity index (χ1v) is 11.5.